The second kappa shape index (κ2) is 5.76. The highest BCUT2D eigenvalue weighted by molar-refractivity contribution is 5.20. The lowest BCUT2D eigenvalue weighted by Gasteiger charge is -2.15. The zero-order valence-corrected chi connectivity index (χ0v) is 13.2. The minimum Gasteiger partial charge on any atom is -0.303 e. The van der Waals surface area contributed by atoms with E-state index >= 15 is 0 Å². The van der Waals surface area contributed by atoms with Gasteiger partial charge in [0.05, 0.1) is 18.3 Å². The Morgan fingerprint density at radius 3 is 2.68 bits per heavy atom. The van der Waals surface area contributed by atoms with Gasteiger partial charge in [0.25, 0.3) is 0 Å². The molecule has 1 fully saturated rings. The normalized spacial score (nSPS) is 15.2. The van der Waals surface area contributed by atoms with E-state index in [4.69, 9.17) is 0 Å². The van der Waals surface area contributed by atoms with Crippen molar-refractivity contribution in [3.8, 4) is 5.82 Å². The molecule has 0 unspecified atom stereocenters. The van der Waals surface area contributed by atoms with E-state index in [-0.39, 0.29) is 6.54 Å². The molecular weight excluding hydrogens is 327 g/mol. The summed E-state index contributed by atoms with van der Waals surface area (Å²) in [4.78, 5) is 28.7. The van der Waals surface area contributed by atoms with Crippen molar-refractivity contribution in [2.75, 3.05) is 6.67 Å². The van der Waals surface area contributed by atoms with Crippen LogP contribution in [0.25, 0.3) is 5.82 Å². The van der Waals surface area contributed by atoms with Crippen LogP contribution < -0.4 is 11.1 Å². The van der Waals surface area contributed by atoms with Gasteiger partial charge in [-0.1, -0.05) is 11.3 Å². The van der Waals surface area contributed by atoms with Crippen LogP contribution in [0.1, 0.15) is 18.5 Å². The largest absolute Gasteiger partial charge is 0.317 e. The Labute approximate surface area is 141 Å². The van der Waals surface area contributed by atoms with Gasteiger partial charge in [0, 0.05) is 18.6 Å². The van der Waals surface area contributed by atoms with Crippen molar-refractivity contribution in [3.05, 3.63) is 69.4 Å². The van der Waals surface area contributed by atoms with Gasteiger partial charge in [0.15, 0.2) is 5.82 Å². The van der Waals surface area contributed by atoms with Gasteiger partial charge in [-0.05, 0) is 25.0 Å². The molecule has 0 N–H and O–H groups in total. The Morgan fingerprint density at radius 1 is 1.16 bits per heavy atom. The Morgan fingerprint density at radius 2 is 2.00 bits per heavy atom. The molecule has 0 atom stereocenters. The van der Waals surface area contributed by atoms with Crippen molar-refractivity contribution in [2.24, 2.45) is 0 Å². The molecule has 0 radical (unpaired) electrons. The van der Waals surface area contributed by atoms with Crippen molar-refractivity contribution in [3.63, 3.8) is 0 Å². The van der Waals surface area contributed by atoms with Gasteiger partial charge in [-0.2, -0.15) is 0 Å². The first-order chi connectivity index (χ1) is 12.1. The molecule has 1 aliphatic rings. The van der Waals surface area contributed by atoms with Gasteiger partial charge < -0.3 is 9.13 Å². The van der Waals surface area contributed by atoms with Crippen LogP contribution in [0.5, 0.6) is 0 Å². The Balaban J connectivity index is 1.62. The molecule has 9 heteroatoms. The van der Waals surface area contributed by atoms with Crippen LogP contribution in [0.2, 0.25) is 0 Å². The fourth-order valence-electron chi connectivity index (χ4n) is 2.74. The predicted octanol–water partition coefficient (Wildman–Crippen LogP) is 0.493. The quantitative estimate of drug-likeness (QED) is 0.630. The van der Waals surface area contributed by atoms with Gasteiger partial charge in [0.2, 0.25) is 0 Å². The molecule has 1 aliphatic carbocycles. The number of hydrogen-bond acceptors (Lipinski definition) is 5. The van der Waals surface area contributed by atoms with Gasteiger partial charge >= 0.3 is 11.1 Å². The summed E-state index contributed by atoms with van der Waals surface area (Å²) in [6, 6.07) is 5.39. The fraction of sp³-hybridized carbons (Fsp3) is 0.312. The average Bonchev–Trinajstić information content (AvgIpc) is 3.30. The van der Waals surface area contributed by atoms with E-state index in [1.165, 1.54) is 26.2 Å². The summed E-state index contributed by atoms with van der Waals surface area (Å²) >= 11 is 0. The lowest BCUT2D eigenvalue weighted by molar-refractivity contribution is 0.326. The summed E-state index contributed by atoms with van der Waals surface area (Å²) in [6.07, 6.45) is 7.39. The van der Waals surface area contributed by atoms with Crippen LogP contribution in [0.3, 0.4) is 0 Å². The van der Waals surface area contributed by atoms with E-state index in [0.29, 0.717) is 24.4 Å². The van der Waals surface area contributed by atoms with E-state index in [0.717, 1.165) is 0 Å². The lowest BCUT2D eigenvalue weighted by Crippen LogP contribution is -2.45. The summed E-state index contributed by atoms with van der Waals surface area (Å²) in [6.45, 7) is -0.543. The summed E-state index contributed by atoms with van der Waals surface area (Å²) in [5, 5.41) is 7.97. The zero-order chi connectivity index (χ0) is 17.4. The first kappa shape index (κ1) is 15.4. The Bertz CT molecular complexity index is 1020. The highest BCUT2D eigenvalue weighted by Crippen LogP contribution is 2.42. The average molecular weight is 342 g/mol. The van der Waals surface area contributed by atoms with Crippen LogP contribution >= 0.6 is 0 Å². The Hall–Kier alpha value is -3.10. The summed E-state index contributed by atoms with van der Waals surface area (Å²) < 4.78 is 17.1. The fourth-order valence-corrected chi connectivity index (χ4v) is 2.74. The van der Waals surface area contributed by atoms with Gasteiger partial charge in [0.1, 0.15) is 12.4 Å². The van der Waals surface area contributed by atoms with Crippen LogP contribution in [0, 0.1) is 0 Å². The maximum absolute atomic E-state index is 13.1. The number of pyridine rings is 1. The highest BCUT2D eigenvalue weighted by Gasteiger charge is 2.45. The molecule has 0 bridgehead atoms. The number of aromatic nitrogens is 6. The standard InChI is InChI=1S/C16H15FN6O2/c17-11-16(4-5-16)22-8-7-21(14(24)15(22)25)9-12-10-23(20-19-12)13-3-1-2-6-18-13/h1-3,6-8,10H,4-5,9,11H2. The van der Waals surface area contributed by atoms with Gasteiger partial charge in [-0.25, -0.2) is 14.1 Å². The third-order valence-electron chi connectivity index (χ3n) is 4.40. The predicted molar refractivity (Wildman–Crippen MR) is 86.4 cm³/mol. The van der Waals surface area contributed by atoms with Gasteiger partial charge in [-0.15, -0.1) is 5.10 Å². The first-order valence-corrected chi connectivity index (χ1v) is 7.84. The monoisotopic (exact) mass is 342 g/mol. The molecule has 3 aromatic heterocycles. The minimum absolute atomic E-state index is 0.102. The van der Waals surface area contributed by atoms with E-state index in [9.17, 15) is 14.0 Å². The molecule has 1 saturated carbocycles. The first-order valence-electron chi connectivity index (χ1n) is 7.84. The molecule has 3 heterocycles. The van der Waals surface area contributed by atoms with Crippen LogP contribution in [0.15, 0.2) is 52.6 Å². The molecule has 25 heavy (non-hydrogen) atoms. The minimum atomic E-state index is -0.822. The number of alkyl halides is 1. The van der Waals surface area contributed by atoms with Crippen molar-refractivity contribution < 1.29 is 4.39 Å². The highest BCUT2D eigenvalue weighted by atomic mass is 19.1. The van der Waals surface area contributed by atoms with Crippen molar-refractivity contribution in [2.45, 2.75) is 24.9 Å². The van der Waals surface area contributed by atoms with E-state index < -0.39 is 23.3 Å². The summed E-state index contributed by atoms with van der Waals surface area (Å²) in [5.41, 5.74) is -1.72. The summed E-state index contributed by atoms with van der Waals surface area (Å²) in [7, 11) is 0. The molecule has 0 spiro atoms. The van der Waals surface area contributed by atoms with Crippen molar-refractivity contribution in [1.29, 1.82) is 0 Å². The third-order valence-corrected chi connectivity index (χ3v) is 4.40. The lowest BCUT2D eigenvalue weighted by atomic mass is 10.3. The topological polar surface area (TPSA) is 87.6 Å². The second-order valence-corrected chi connectivity index (χ2v) is 6.11. The van der Waals surface area contributed by atoms with Crippen molar-refractivity contribution >= 4 is 0 Å². The maximum Gasteiger partial charge on any atom is 0.317 e. The van der Waals surface area contributed by atoms with Crippen LogP contribution in [-0.4, -0.2) is 35.8 Å². The van der Waals surface area contributed by atoms with Crippen molar-refractivity contribution in [1.82, 2.24) is 29.1 Å². The van der Waals surface area contributed by atoms with E-state index in [2.05, 4.69) is 15.3 Å². The molecule has 4 rings (SSSR count). The van der Waals surface area contributed by atoms with E-state index in [1.807, 2.05) is 6.07 Å². The maximum atomic E-state index is 13.1. The molecule has 128 valence electrons. The molecule has 8 nitrogen and oxygen atoms in total. The molecule has 0 aromatic carbocycles. The molecule has 0 aliphatic heterocycles. The van der Waals surface area contributed by atoms with Crippen LogP contribution in [-0.2, 0) is 12.1 Å². The number of halogens is 1. The molecular formula is C16H15FN6O2. The smallest absolute Gasteiger partial charge is 0.303 e. The molecule has 0 amide bonds. The number of rotatable bonds is 5. The Kier molecular flexibility index (Phi) is 3.56. The molecule has 3 aromatic rings. The van der Waals surface area contributed by atoms with Crippen LogP contribution in [0.4, 0.5) is 4.39 Å². The number of nitrogens with zero attached hydrogens (tertiary/aromatic N) is 6. The number of hydrogen-bond donors (Lipinski definition) is 0. The third kappa shape index (κ3) is 2.67. The molecule has 0 saturated heterocycles. The SMILES string of the molecule is O=c1c(=O)n(C2(CF)CC2)ccn1Cc1cn(-c2ccccn2)nn1. The zero-order valence-electron chi connectivity index (χ0n) is 13.2. The van der Waals surface area contributed by atoms with E-state index in [1.54, 1.807) is 24.5 Å². The second-order valence-electron chi connectivity index (χ2n) is 6.11. The summed E-state index contributed by atoms with van der Waals surface area (Å²) in [5.74, 6) is 0.600. The van der Waals surface area contributed by atoms with Gasteiger partial charge in [-0.3, -0.25) is 9.59 Å².